The first kappa shape index (κ1) is 14.4. The lowest BCUT2D eigenvalue weighted by molar-refractivity contribution is -0.145. The van der Waals surface area contributed by atoms with E-state index in [1.807, 2.05) is 0 Å². The average molecular weight is 303 g/mol. The van der Waals surface area contributed by atoms with Crippen LogP contribution in [-0.4, -0.2) is 32.7 Å². The van der Waals surface area contributed by atoms with E-state index in [4.69, 9.17) is 4.42 Å². The third-order valence-corrected chi connectivity index (χ3v) is 4.07. The van der Waals surface area contributed by atoms with Crippen LogP contribution in [0.15, 0.2) is 28.9 Å². The summed E-state index contributed by atoms with van der Waals surface area (Å²) in [6.07, 6.45) is 5.01. The minimum Gasteiger partial charge on any atom is -0.480 e. The van der Waals surface area contributed by atoms with Crippen molar-refractivity contribution in [3.05, 3.63) is 30.2 Å². The monoisotopic (exact) mass is 303 g/mol. The number of rotatable bonds is 4. The maximum atomic E-state index is 12.3. The first-order valence-electron chi connectivity index (χ1n) is 7.26. The summed E-state index contributed by atoms with van der Waals surface area (Å²) in [5.74, 6) is -0.905. The smallest absolute Gasteiger partial charge is 0.329 e. The Balaban J connectivity index is 1.77. The third-order valence-electron chi connectivity index (χ3n) is 4.07. The largest absolute Gasteiger partial charge is 0.480 e. The number of H-pyrrole nitrogens is 1. The molecule has 0 spiro atoms. The van der Waals surface area contributed by atoms with Crippen LogP contribution in [0.3, 0.4) is 0 Å². The number of carbonyl (C=O) groups excluding carboxylic acids is 1. The van der Waals surface area contributed by atoms with Crippen LogP contribution in [-0.2, 0) is 4.79 Å². The van der Waals surface area contributed by atoms with Crippen molar-refractivity contribution in [2.75, 3.05) is 0 Å². The van der Waals surface area contributed by atoms with E-state index in [0.717, 1.165) is 19.3 Å². The molecular weight excluding hydrogens is 286 g/mol. The van der Waals surface area contributed by atoms with E-state index in [9.17, 15) is 14.7 Å². The highest BCUT2D eigenvalue weighted by Crippen LogP contribution is 2.29. The van der Waals surface area contributed by atoms with Gasteiger partial charge in [-0.3, -0.25) is 9.89 Å². The van der Waals surface area contributed by atoms with E-state index < -0.39 is 17.4 Å². The number of furan rings is 1. The molecule has 0 aliphatic heterocycles. The van der Waals surface area contributed by atoms with Gasteiger partial charge >= 0.3 is 5.97 Å². The zero-order valence-corrected chi connectivity index (χ0v) is 12.0. The number of aromatic amines is 1. The molecule has 3 rings (SSSR count). The van der Waals surface area contributed by atoms with Crippen LogP contribution in [0, 0.1) is 0 Å². The van der Waals surface area contributed by atoms with Gasteiger partial charge in [0.25, 0.3) is 5.91 Å². The Morgan fingerprint density at radius 2 is 2.09 bits per heavy atom. The van der Waals surface area contributed by atoms with Crippen LogP contribution in [0.4, 0.5) is 0 Å². The van der Waals surface area contributed by atoms with E-state index in [1.54, 1.807) is 18.2 Å². The highest BCUT2D eigenvalue weighted by atomic mass is 16.4. The van der Waals surface area contributed by atoms with Crippen LogP contribution in [0.5, 0.6) is 0 Å². The lowest BCUT2D eigenvalue weighted by atomic mass is 9.81. The van der Waals surface area contributed by atoms with Gasteiger partial charge in [-0.2, -0.15) is 5.10 Å². The zero-order valence-electron chi connectivity index (χ0n) is 12.0. The molecule has 2 heterocycles. The fourth-order valence-corrected chi connectivity index (χ4v) is 2.83. The SMILES string of the molecule is O=C(NC1(C(=O)O)CCCCC1)c1cc(-c2ccco2)[nH]n1. The minimum absolute atomic E-state index is 0.151. The van der Waals surface area contributed by atoms with Gasteiger partial charge in [0.1, 0.15) is 11.2 Å². The first-order valence-corrected chi connectivity index (χ1v) is 7.26. The van der Waals surface area contributed by atoms with Crippen LogP contribution in [0.2, 0.25) is 0 Å². The molecule has 0 saturated heterocycles. The summed E-state index contributed by atoms with van der Waals surface area (Å²) in [6.45, 7) is 0. The van der Waals surface area contributed by atoms with Gasteiger partial charge in [-0.25, -0.2) is 4.79 Å². The molecule has 0 atom stereocenters. The normalized spacial score (nSPS) is 17.1. The van der Waals surface area contributed by atoms with Gasteiger partial charge in [-0.1, -0.05) is 19.3 Å². The van der Waals surface area contributed by atoms with Crippen molar-refractivity contribution in [1.29, 1.82) is 0 Å². The van der Waals surface area contributed by atoms with Gasteiger partial charge in [-0.05, 0) is 25.0 Å². The van der Waals surface area contributed by atoms with Gasteiger partial charge in [0.15, 0.2) is 11.5 Å². The highest BCUT2D eigenvalue weighted by Gasteiger charge is 2.41. The maximum absolute atomic E-state index is 12.3. The zero-order chi connectivity index (χ0) is 15.6. The molecule has 1 amide bonds. The van der Waals surface area contributed by atoms with E-state index in [1.165, 1.54) is 6.26 Å². The quantitative estimate of drug-likeness (QED) is 0.802. The number of hydrogen-bond acceptors (Lipinski definition) is 4. The Kier molecular flexibility index (Phi) is 3.70. The molecular formula is C15H17N3O4. The Hall–Kier alpha value is -2.57. The molecule has 116 valence electrons. The summed E-state index contributed by atoms with van der Waals surface area (Å²) in [4.78, 5) is 23.9. The number of nitrogens with one attached hydrogen (secondary N) is 2. The molecule has 1 fully saturated rings. The molecule has 0 aromatic carbocycles. The Bertz CT molecular complexity index is 669. The maximum Gasteiger partial charge on any atom is 0.329 e. The second kappa shape index (κ2) is 5.67. The number of aromatic nitrogens is 2. The molecule has 2 aromatic heterocycles. The second-order valence-corrected chi connectivity index (χ2v) is 5.55. The van der Waals surface area contributed by atoms with E-state index >= 15 is 0 Å². The van der Waals surface area contributed by atoms with Crippen LogP contribution < -0.4 is 5.32 Å². The molecule has 22 heavy (non-hydrogen) atoms. The molecule has 0 radical (unpaired) electrons. The second-order valence-electron chi connectivity index (χ2n) is 5.55. The Morgan fingerprint density at radius 1 is 1.32 bits per heavy atom. The van der Waals surface area contributed by atoms with E-state index in [0.29, 0.717) is 24.3 Å². The fourth-order valence-electron chi connectivity index (χ4n) is 2.83. The van der Waals surface area contributed by atoms with Gasteiger partial charge in [0.05, 0.1) is 6.26 Å². The lowest BCUT2D eigenvalue weighted by Crippen LogP contribution is -2.55. The molecule has 7 nitrogen and oxygen atoms in total. The topological polar surface area (TPSA) is 108 Å². The Labute approximate surface area is 126 Å². The Morgan fingerprint density at radius 3 is 2.73 bits per heavy atom. The van der Waals surface area contributed by atoms with Crippen molar-refractivity contribution in [3.8, 4) is 11.5 Å². The standard InChI is InChI=1S/C15H17N3O4/c19-13(16-15(14(20)21)6-2-1-3-7-15)11-9-10(17-18-11)12-5-4-8-22-12/h4-5,8-9H,1-3,6-7H2,(H,16,19)(H,17,18)(H,20,21). The number of carbonyl (C=O) groups is 2. The number of carboxylic acids is 1. The van der Waals surface area contributed by atoms with Gasteiger partial charge in [0.2, 0.25) is 0 Å². The molecule has 1 aliphatic rings. The van der Waals surface area contributed by atoms with Crippen molar-refractivity contribution in [2.24, 2.45) is 0 Å². The first-order chi connectivity index (χ1) is 10.6. The van der Waals surface area contributed by atoms with Crippen LogP contribution >= 0.6 is 0 Å². The van der Waals surface area contributed by atoms with Gasteiger partial charge < -0.3 is 14.8 Å². The minimum atomic E-state index is -1.18. The summed E-state index contributed by atoms with van der Waals surface area (Å²) < 4.78 is 5.22. The number of hydrogen-bond donors (Lipinski definition) is 3. The highest BCUT2D eigenvalue weighted by molar-refractivity contribution is 5.97. The molecule has 1 aliphatic carbocycles. The van der Waals surface area contributed by atoms with Crippen molar-refractivity contribution in [1.82, 2.24) is 15.5 Å². The molecule has 0 bridgehead atoms. The van der Waals surface area contributed by atoms with Crippen molar-refractivity contribution in [2.45, 2.75) is 37.6 Å². The summed E-state index contributed by atoms with van der Waals surface area (Å²) in [6, 6.07) is 5.03. The number of amides is 1. The summed E-state index contributed by atoms with van der Waals surface area (Å²) in [5, 5.41) is 18.8. The number of aliphatic carboxylic acids is 1. The number of carboxylic acid groups (broad SMARTS) is 1. The molecule has 2 aromatic rings. The van der Waals surface area contributed by atoms with Crippen molar-refractivity contribution < 1.29 is 19.1 Å². The average Bonchev–Trinajstić information content (AvgIpc) is 3.19. The van der Waals surface area contributed by atoms with E-state index in [-0.39, 0.29) is 5.69 Å². The predicted molar refractivity (Wildman–Crippen MR) is 77.2 cm³/mol. The number of nitrogens with zero attached hydrogens (tertiary/aromatic N) is 1. The summed E-state index contributed by atoms with van der Waals surface area (Å²) >= 11 is 0. The van der Waals surface area contributed by atoms with Crippen LogP contribution in [0.1, 0.15) is 42.6 Å². The molecule has 0 unspecified atom stereocenters. The van der Waals surface area contributed by atoms with E-state index in [2.05, 4.69) is 15.5 Å². The molecule has 7 heteroatoms. The summed E-state index contributed by atoms with van der Waals surface area (Å²) in [7, 11) is 0. The lowest BCUT2D eigenvalue weighted by Gasteiger charge is -2.33. The van der Waals surface area contributed by atoms with Gasteiger partial charge in [0, 0.05) is 6.07 Å². The van der Waals surface area contributed by atoms with Crippen LogP contribution in [0.25, 0.3) is 11.5 Å². The summed E-state index contributed by atoms with van der Waals surface area (Å²) in [5.41, 5.74) is -0.458. The van der Waals surface area contributed by atoms with Crippen molar-refractivity contribution in [3.63, 3.8) is 0 Å². The fraction of sp³-hybridized carbons (Fsp3) is 0.400. The van der Waals surface area contributed by atoms with Gasteiger partial charge in [-0.15, -0.1) is 0 Å². The van der Waals surface area contributed by atoms with Crippen molar-refractivity contribution >= 4 is 11.9 Å². The third kappa shape index (κ3) is 2.61. The predicted octanol–water partition coefficient (Wildman–Crippen LogP) is 2.19. The molecule has 3 N–H and O–H groups in total. The molecule has 1 saturated carbocycles.